The van der Waals surface area contributed by atoms with Gasteiger partial charge in [-0.3, -0.25) is 9.69 Å². The number of rotatable bonds is 5. The molecule has 1 fully saturated rings. The largest absolute Gasteiger partial charge is 0.494 e. The van der Waals surface area contributed by atoms with Crippen LogP contribution >= 0.6 is 0 Å². The molecular formula is C28H38N2O4. The van der Waals surface area contributed by atoms with Gasteiger partial charge in [0.05, 0.1) is 18.3 Å². The lowest BCUT2D eigenvalue weighted by Crippen LogP contribution is -2.46. The summed E-state index contributed by atoms with van der Waals surface area (Å²) in [6.45, 7) is 7.41. The first kappa shape index (κ1) is 24.6. The van der Waals surface area contributed by atoms with Crippen LogP contribution in [-0.2, 0) is 11.3 Å². The second kappa shape index (κ2) is 12.2. The van der Waals surface area contributed by atoms with Gasteiger partial charge in [-0.25, -0.2) is 0 Å². The van der Waals surface area contributed by atoms with E-state index in [-0.39, 0.29) is 12.0 Å². The SMILES string of the molecule is CCOc1ccc(CN2CCCC[C@@H]3CN(CC[C@@H]3OC)C(=O)c3ccccc3OCC2)cc1. The summed E-state index contributed by atoms with van der Waals surface area (Å²) in [6.07, 6.45) is 4.44. The topological polar surface area (TPSA) is 51.2 Å². The average Bonchev–Trinajstić information content (AvgIpc) is 2.87. The molecular weight excluding hydrogens is 428 g/mol. The lowest BCUT2D eigenvalue weighted by atomic mass is 9.89. The average molecular weight is 467 g/mol. The zero-order valence-corrected chi connectivity index (χ0v) is 20.6. The monoisotopic (exact) mass is 466 g/mol. The molecule has 0 spiro atoms. The first-order chi connectivity index (χ1) is 16.7. The molecule has 34 heavy (non-hydrogen) atoms. The summed E-state index contributed by atoms with van der Waals surface area (Å²) in [5.41, 5.74) is 1.93. The Balaban J connectivity index is 1.49. The van der Waals surface area contributed by atoms with Crippen molar-refractivity contribution in [1.82, 2.24) is 9.80 Å². The van der Waals surface area contributed by atoms with Gasteiger partial charge in [-0.1, -0.05) is 30.7 Å². The highest BCUT2D eigenvalue weighted by Crippen LogP contribution is 2.28. The molecule has 2 aliphatic heterocycles. The summed E-state index contributed by atoms with van der Waals surface area (Å²) >= 11 is 0. The van der Waals surface area contributed by atoms with Gasteiger partial charge in [-0.15, -0.1) is 0 Å². The minimum atomic E-state index is 0.0680. The van der Waals surface area contributed by atoms with Crippen molar-refractivity contribution in [3.05, 3.63) is 59.7 Å². The third-order valence-electron chi connectivity index (χ3n) is 6.98. The molecule has 2 aromatic rings. The summed E-state index contributed by atoms with van der Waals surface area (Å²) in [6, 6.07) is 16.0. The smallest absolute Gasteiger partial charge is 0.257 e. The number of hydrogen-bond donors (Lipinski definition) is 0. The Labute approximate surface area is 203 Å². The van der Waals surface area contributed by atoms with Crippen LogP contribution in [0.3, 0.4) is 0 Å². The van der Waals surface area contributed by atoms with Gasteiger partial charge in [-0.2, -0.15) is 0 Å². The third-order valence-corrected chi connectivity index (χ3v) is 6.98. The van der Waals surface area contributed by atoms with Crippen molar-refractivity contribution < 1.29 is 19.0 Å². The second-order valence-electron chi connectivity index (χ2n) is 9.27. The fourth-order valence-corrected chi connectivity index (χ4v) is 5.13. The molecule has 1 amide bonds. The van der Waals surface area contributed by atoms with Crippen molar-refractivity contribution >= 4 is 5.91 Å². The van der Waals surface area contributed by atoms with E-state index in [9.17, 15) is 4.79 Å². The maximum atomic E-state index is 13.4. The van der Waals surface area contributed by atoms with E-state index < -0.39 is 0 Å². The van der Waals surface area contributed by atoms with Crippen LogP contribution in [-0.4, -0.2) is 68.3 Å². The minimum absolute atomic E-state index is 0.0680. The molecule has 0 N–H and O–H groups in total. The quantitative estimate of drug-likeness (QED) is 0.643. The van der Waals surface area contributed by atoms with Crippen LogP contribution in [0.5, 0.6) is 11.5 Å². The van der Waals surface area contributed by atoms with Crippen LogP contribution in [0.1, 0.15) is 48.5 Å². The highest BCUT2D eigenvalue weighted by Gasteiger charge is 2.32. The Morgan fingerprint density at radius 3 is 2.62 bits per heavy atom. The van der Waals surface area contributed by atoms with Gasteiger partial charge in [0, 0.05) is 39.2 Å². The molecule has 1 saturated heterocycles. The lowest BCUT2D eigenvalue weighted by molar-refractivity contribution is -0.00702. The van der Waals surface area contributed by atoms with E-state index in [2.05, 4.69) is 17.0 Å². The Hall–Kier alpha value is -2.57. The maximum Gasteiger partial charge on any atom is 0.257 e. The van der Waals surface area contributed by atoms with Crippen molar-refractivity contribution in [2.24, 2.45) is 5.92 Å². The zero-order chi connectivity index (χ0) is 23.8. The maximum absolute atomic E-state index is 13.4. The second-order valence-corrected chi connectivity index (χ2v) is 9.27. The van der Waals surface area contributed by atoms with E-state index in [1.165, 1.54) is 5.56 Å². The molecule has 2 aromatic carbocycles. The minimum Gasteiger partial charge on any atom is -0.494 e. The number of fused-ring (bicyclic) bond motifs is 3. The fraction of sp³-hybridized carbons (Fsp3) is 0.536. The van der Waals surface area contributed by atoms with E-state index in [0.717, 1.165) is 64.2 Å². The van der Waals surface area contributed by atoms with Crippen LogP contribution in [0.2, 0.25) is 0 Å². The van der Waals surface area contributed by atoms with Crippen molar-refractivity contribution in [2.75, 3.05) is 46.5 Å². The van der Waals surface area contributed by atoms with Crippen LogP contribution < -0.4 is 9.47 Å². The number of amides is 1. The predicted molar refractivity (Wildman–Crippen MR) is 133 cm³/mol. The molecule has 2 heterocycles. The van der Waals surface area contributed by atoms with E-state index in [1.807, 2.05) is 48.2 Å². The van der Waals surface area contributed by atoms with Crippen molar-refractivity contribution in [3.63, 3.8) is 0 Å². The molecule has 0 radical (unpaired) electrons. The highest BCUT2D eigenvalue weighted by atomic mass is 16.5. The molecule has 2 aliphatic rings. The number of para-hydroxylation sites is 1. The van der Waals surface area contributed by atoms with Gasteiger partial charge in [-0.05, 0) is 62.6 Å². The van der Waals surface area contributed by atoms with Gasteiger partial charge < -0.3 is 19.1 Å². The number of nitrogens with zero attached hydrogens (tertiary/aromatic N) is 2. The molecule has 2 bridgehead atoms. The molecule has 4 rings (SSSR count). The van der Waals surface area contributed by atoms with Gasteiger partial charge in [0.1, 0.15) is 18.1 Å². The van der Waals surface area contributed by atoms with Crippen molar-refractivity contribution in [2.45, 2.75) is 45.3 Å². The van der Waals surface area contributed by atoms with Gasteiger partial charge in [0.15, 0.2) is 0 Å². The molecule has 6 nitrogen and oxygen atoms in total. The van der Waals surface area contributed by atoms with Crippen LogP contribution in [0.25, 0.3) is 0 Å². The Morgan fingerprint density at radius 2 is 1.82 bits per heavy atom. The summed E-state index contributed by atoms with van der Waals surface area (Å²) in [4.78, 5) is 17.8. The van der Waals surface area contributed by atoms with E-state index in [0.29, 0.717) is 30.4 Å². The molecule has 0 saturated carbocycles. The Bertz CT molecular complexity index is 917. The Kier molecular flexibility index (Phi) is 8.83. The molecule has 2 atom stereocenters. The summed E-state index contributed by atoms with van der Waals surface area (Å²) in [5, 5.41) is 0. The molecule has 6 heteroatoms. The van der Waals surface area contributed by atoms with Crippen LogP contribution in [0, 0.1) is 5.92 Å². The van der Waals surface area contributed by atoms with Gasteiger partial charge in [0.2, 0.25) is 0 Å². The summed E-state index contributed by atoms with van der Waals surface area (Å²) in [7, 11) is 1.80. The van der Waals surface area contributed by atoms with E-state index in [4.69, 9.17) is 14.2 Å². The predicted octanol–water partition coefficient (Wildman–Crippen LogP) is 4.63. The number of carbonyl (C=O) groups is 1. The number of methoxy groups -OCH3 is 1. The number of ether oxygens (including phenoxy) is 3. The zero-order valence-electron chi connectivity index (χ0n) is 20.6. The van der Waals surface area contributed by atoms with Gasteiger partial charge in [0.25, 0.3) is 5.91 Å². The first-order valence-corrected chi connectivity index (χ1v) is 12.7. The lowest BCUT2D eigenvalue weighted by Gasteiger charge is -2.38. The summed E-state index contributed by atoms with van der Waals surface area (Å²) < 4.78 is 17.5. The number of carbonyl (C=O) groups excluding carboxylic acids is 1. The number of benzene rings is 2. The fourth-order valence-electron chi connectivity index (χ4n) is 5.13. The van der Waals surface area contributed by atoms with Crippen LogP contribution in [0.15, 0.2) is 48.5 Å². The molecule has 0 aromatic heterocycles. The van der Waals surface area contributed by atoms with Crippen molar-refractivity contribution in [1.29, 1.82) is 0 Å². The summed E-state index contributed by atoms with van der Waals surface area (Å²) in [5.74, 6) is 2.03. The van der Waals surface area contributed by atoms with Gasteiger partial charge >= 0.3 is 0 Å². The normalized spacial score (nSPS) is 22.4. The standard InChI is InChI=1S/C28H38N2O4/c1-3-33-24-13-11-22(12-14-24)20-29-16-7-6-8-23-21-30(17-15-26(23)32-2)28(31)25-9-4-5-10-27(25)34-19-18-29/h4-5,9-14,23,26H,3,6-8,15-21H2,1-2H3/t23-,26+/m1/s1. The number of hydrogen-bond acceptors (Lipinski definition) is 5. The third kappa shape index (κ3) is 6.30. The van der Waals surface area contributed by atoms with Crippen molar-refractivity contribution in [3.8, 4) is 11.5 Å². The molecule has 0 aliphatic carbocycles. The van der Waals surface area contributed by atoms with E-state index >= 15 is 0 Å². The van der Waals surface area contributed by atoms with Crippen LogP contribution in [0.4, 0.5) is 0 Å². The highest BCUT2D eigenvalue weighted by molar-refractivity contribution is 5.97. The first-order valence-electron chi connectivity index (χ1n) is 12.7. The molecule has 0 unspecified atom stereocenters. The van der Waals surface area contributed by atoms with E-state index in [1.54, 1.807) is 7.11 Å². The number of piperidine rings is 1. The Morgan fingerprint density at radius 1 is 1.00 bits per heavy atom. The molecule has 184 valence electrons.